The quantitative estimate of drug-likeness (QED) is 0.678. The van der Waals surface area contributed by atoms with Gasteiger partial charge in [0.05, 0.1) is 11.3 Å². The normalized spacial score (nSPS) is 11.1. The lowest BCUT2D eigenvalue weighted by atomic mass is 10.2. The van der Waals surface area contributed by atoms with Gasteiger partial charge in [0.2, 0.25) is 0 Å². The smallest absolute Gasteiger partial charge is 0.198 e. The van der Waals surface area contributed by atoms with E-state index in [0.29, 0.717) is 11.6 Å². The molecule has 0 aliphatic rings. The van der Waals surface area contributed by atoms with Gasteiger partial charge in [-0.2, -0.15) is 9.78 Å². The Kier molecular flexibility index (Phi) is 2.26. The monoisotopic (exact) mass is 244 g/mol. The Balaban J connectivity index is 2.01. The third kappa shape index (κ3) is 1.69. The molecule has 0 saturated heterocycles. The molecule has 0 aromatic carbocycles. The number of hydrogen-bond donors (Lipinski definition) is 0. The Morgan fingerprint density at radius 1 is 1.22 bits per heavy atom. The summed E-state index contributed by atoms with van der Waals surface area (Å²) in [5.74, 6) is 1.98. The molecule has 92 valence electrons. The molecule has 0 unspecified atom stereocenters. The van der Waals surface area contributed by atoms with Crippen molar-refractivity contribution < 1.29 is 4.52 Å². The summed E-state index contributed by atoms with van der Waals surface area (Å²) in [6.45, 7) is 3.76. The lowest BCUT2D eigenvalue weighted by molar-refractivity contribution is 0.393. The van der Waals surface area contributed by atoms with Crippen molar-refractivity contribution in [1.82, 2.24) is 29.7 Å². The number of nitrogens with zero attached hydrogens (tertiary/aromatic N) is 6. The van der Waals surface area contributed by atoms with Crippen molar-refractivity contribution in [3.63, 3.8) is 0 Å². The van der Waals surface area contributed by atoms with Crippen molar-refractivity contribution >= 4 is 0 Å². The molecule has 0 atom stereocenters. The van der Waals surface area contributed by atoms with Crippen molar-refractivity contribution in [2.45, 2.75) is 13.8 Å². The number of hydrogen-bond acceptors (Lipinski definition) is 5. The molecule has 3 rings (SSSR count). The third-order valence-corrected chi connectivity index (χ3v) is 2.60. The molecular weight excluding hydrogens is 232 g/mol. The van der Waals surface area contributed by atoms with Gasteiger partial charge in [-0.1, -0.05) is 5.16 Å². The fraction of sp³-hybridized carbons (Fsp3) is 0.273. The standard InChI is InChI=1S/C11H12N6O/c1-7-4-10(15-18-7)17-6-12-11(14-17)9-5-16(3)13-8(9)2/h4-6H,1-3H3. The predicted octanol–water partition coefficient (Wildman–Crippen LogP) is 1.27. The SMILES string of the molecule is Cc1cc(-n2cnc(-c3cn(C)nc3C)n2)no1. The minimum atomic E-state index is 0.618. The first-order valence-electron chi connectivity index (χ1n) is 5.49. The van der Waals surface area contributed by atoms with E-state index in [1.807, 2.05) is 27.1 Å². The second-order valence-corrected chi connectivity index (χ2v) is 4.11. The lowest BCUT2D eigenvalue weighted by Crippen LogP contribution is -1.94. The van der Waals surface area contributed by atoms with Gasteiger partial charge >= 0.3 is 0 Å². The van der Waals surface area contributed by atoms with Gasteiger partial charge in [-0.05, 0) is 13.8 Å². The third-order valence-electron chi connectivity index (χ3n) is 2.60. The molecule has 0 aliphatic heterocycles. The highest BCUT2D eigenvalue weighted by Gasteiger charge is 2.12. The summed E-state index contributed by atoms with van der Waals surface area (Å²) in [6, 6.07) is 1.80. The van der Waals surface area contributed by atoms with Gasteiger partial charge in [0.15, 0.2) is 11.6 Å². The van der Waals surface area contributed by atoms with Crippen molar-refractivity contribution in [3.8, 4) is 17.2 Å². The minimum Gasteiger partial charge on any atom is -0.359 e. The molecule has 3 heterocycles. The molecule has 0 radical (unpaired) electrons. The Morgan fingerprint density at radius 2 is 2.06 bits per heavy atom. The molecule has 0 bridgehead atoms. The van der Waals surface area contributed by atoms with Crippen LogP contribution in [-0.4, -0.2) is 29.7 Å². The highest BCUT2D eigenvalue weighted by Crippen LogP contribution is 2.18. The fourth-order valence-electron chi connectivity index (χ4n) is 1.78. The van der Waals surface area contributed by atoms with Crippen molar-refractivity contribution in [1.29, 1.82) is 0 Å². The van der Waals surface area contributed by atoms with E-state index in [1.165, 1.54) is 0 Å². The Bertz CT molecular complexity index is 692. The second-order valence-electron chi connectivity index (χ2n) is 4.11. The van der Waals surface area contributed by atoms with Crippen LogP contribution < -0.4 is 0 Å². The molecule has 0 amide bonds. The van der Waals surface area contributed by atoms with Crippen LogP contribution in [0.3, 0.4) is 0 Å². The van der Waals surface area contributed by atoms with E-state index >= 15 is 0 Å². The largest absolute Gasteiger partial charge is 0.359 e. The van der Waals surface area contributed by atoms with Gasteiger partial charge in [-0.3, -0.25) is 4.68 Å². The minimum absolute atomic E-state index is 0.618. The van der Waals surface area contributed by atoms with E-state index in [-0.39, 0.29) is 0 Å². The summed E-state index contributed by atoms with van der Waals surface area (Å²) in [5, 5.41) is 12.5. The van der Waals surface area contributed by atoms with Gasteiger partial charge in [-0.15, -0.1) is 5.10 Å². The van der Waals surface area contributed by atoms with Crippen LogP contribution in [0.5, 0.6) is 0 Å². The summed E-state index contributed by atoms with van der Waals surface area (Å²) >= 11 is 0. The zero-order valence-electron chi connectivity index (χ0n) is 10.3. The lowest BCUT2D eigenvalue weighted by Gasteiger charge is -1.91. The van der Waals surface area contributed by atoms with Crippen LogP contribution in [-0.2, 0) is 7.05 Å². The topological polar surface area (TPSA) is 74.6 Å². The zero-order valence-corrected chi connectivity index (χ0v) is 10.3. The van der Waals surface area contributed by atoms with Gasteiger partial charge in [0.25, 0.3) is 0 Å². The first-order chi connectivity index (χ1) is 8.63. The molecule has 7 nitrogen and oxygen atoms in total. The highest BCUT2D eigenvalue weighted by molar-refractivity contribution is 5.56. The molecule has 0 spiro atoms. The second kappa shape index (κ2) is 3.80. The molecule has 0 aliphatic carbocycles. The predicted molar refractivity (Wildman–Crippen MR) is 63.1 cm³/mol. The van der Waals surface area contributed by atoms with Crippen LogP contribution in [0.25, 0.3) is 17.2 Å². The summed E-state index contributed by atoms with van der Waals surface area (Å²) in [4.78, 5) is 4.26. The van der Waals surface area contributed by atoms with E-state index in [9.17, 15) is 0 Å². The molecule has 3 aromatic rings. The number of aromatic nitrogens is 6. The highest BCUT2D eigenvalue weighted by atomic mass is 16.5. The Morgan fingerprint density at radius 3 is 2.67 bits per heavy atom. The summed E-state index contributed by atoms with van der Waals surface area (Å²) in [6.07, 6.45) is 3.50. The fourth-order valence-corrected chi connectivity index (χ4v) is 1.78. The van der Waals surface area contributed by atoms with E-state index < -0.39 is 0 Å². The molecule has 3 aromatic heterocycles. The van der Waals surface area contributed by atoms with Crippen LogP contribution in [0.4, 0.5) is 0 Å². The van der Waals surface area contributed by atoms with Crippen molar-refractivity contribution in [3.05, 3.63) is 30.0 Å². The maximum Gasteiger partial charge on any atom is 0.198 e. The van der Waals surface area contributed by atoms with Crippen molar-refractivity contribution in [2.24, 2.45) is 7.05 Å². The molecule has 7 heteroatoms. The van der Waals surface area contributed by atoms with Gasteiger partial charge < -0.3 is 4.52 Å². The van der Waals surface area contributed by atoms with Gasteiger partial charge in [0.1, 0.15) is 12.1 Å². The van der Waals surface area contributed by atoms with Gasteiger partial charge in [0, 0.05) is 19.3 Å². The summed E-state index contributed by atoms with van der Waals surface area (Å²) in [5.41, 5.74) is 1.81. The van der Waals surface area contributed by atoms with Crippen molar-refractivity contribution in [2.75, 3.05) is 0 Å². The van der Waals surface area contributed by atoms with Crippen LogP contribution in [0.1, 0.15) is 11.5 Å². The molecular formula is C11H12N6O. The van der Waals surface area contributed by atoms with Gasteiger partial charge in [-0.25, -0.2) is 4.98 Å². The molecule has 0 N–H and O–H groups in total. The van der Waals surface area contributed by atoms with Crippen LogP contribution in [0, 0.1) is 13.8 Å². The van der Waals surface area contributed by atoms with E-state index in [0.717, 1.165) is 17.0 Å². The van der Waals surface area contributed by atoms with E-state index in [1.54, 1.807) is 21.8 Å². The van der Waals surface area contributed by atoms with Crippen LogP contribution in [0.2, 0.25) is 0 Å². The van der Waals surface area contributed by atoms with Crippen LogP contribution >= 0.6 is 0 Å². The molecule has 18 heavy (non-hydrogen) atoms. The molecule has 0 saturated carbocycles. The summed E-state index contributed by atoms with van der Waals surface area (Å²) in [7, 11) is 1.87. The number of aryl methyl sites for hydroxylation is 3. The average Bonchev–Trinajstić information content (AvgIpc) is 2.98. The first-order valence-corrected chi connectivity index (χ1v) is 5.49. The average molecular weight is 244 g/mol. The van der Waals surface area contributed by atoms with E-state index in [4.69, 9.17) is 4.52 Å². The zero-order chi connectivity index (χ0) is 12.7. The Hall–Kier alpha value is -2.44. The Labute approximate surface area is 103 Å². The van der Waals surface area contributed by atoms with Crippen LogP contribution in [0.15, 0.2) is 23.1 Å². The first kappa shape index (κ1) is 10.7. The molecule has 0 fully saturated rings. The van der Waals surface area contributed by atoms with E-state index in [2.05, 4.69) is 20.3 Å². The maximum atomic E-state index is 5.01. The number of rotatable bonds is 2. The summed E-state index contributed by atoms with van der Waals surface area (Å²) < 4.78 is 8.33. The maximum absolute atomic E-state index is 5.01.